The molecule has 1 amide bonds. The second-order valence-corrected chi connectivity index (χ2v) is 6.35. The molecule has 0 saturated heterocycles. The van der Waals surface area contributed by atoms with Crippen LogP contribution in [0.25, 0.3) is 0 Å². The van der Waals surface area contributed by atoms with Crippen LogP contribution in [0.4, 0.5) is 5.69 Å². The molecule has 0 bridgehead atoms. The first-order valence-electron chi connectivity index (χ1n) is 8.24. The number of rotatable bonds is 5. The molecular weight excluding hydrogens is 366 g/mol. The Morgan fingerprint density at radius 2 is 1.96 bits per heavy atom. The van der Waals surface area contributed by atoms with Crippen molar-refractivity contribution in [1.82, 2.24) is 9.78 Å². The van der Waals surface area contributed by atoms with Gasteiger partial charge in [-0.1, -0.05) is 35.9 Å². The number of nitrogens with zero attached hydrogens (tertiary/aromatic N) is 2. The summed E-state index contributed by atoms with van der Waals surface area (Å²) < 4.78 is 6.40. The highest BCUT2D eigenvalue weighted by atomic mass is 35.5. The molecule has 0 unspecified atom stereocenters. The van der Waals surface area contributed by atoms with Crippen LogP contribution in [-0.4, -0.2) is 28.8 Å². The third-order valence-electron chi connectivity index (χ3n) is 4.17. The predicted octanol–water partition coefficient (Wildman–Crippen LogP) is 3.93. The van der Waals surface area contributed by atoms with Crippen molar-refractivity contribution >= 4 is 29.2 Å². The lowest BCUT2D eigenvalue weighted by atomic mass is 10.1. The summed E-state index contributed by atoms with van der Waals surface area (Å²) in [4.78, 5) is 24.3. The molecule has 0 aliphatic heterocycles. The summed E-state index contributed by atoms with van der Waals surface area (Å²) in [6.45, 7) is 2.21. The van der Waals surface area contributed by atoms with E-state index in [4.69, 9.17) is 16.3 Å². The lowest BCUT2D eigenvalue weighted by Gasteiger charge is -2.10. The maximum atomic E-state index is 12.5. The second kappa shape index (κ2) is 8.05. The van der Waals surface area contributed by atoms with E-state index in [2.05, 4.69) is 10.4 Å². The molecule has 1 heterocycles. The number of ether oxygens (including phenoxy) is 1. The highest BCUT2D eigenvalue weighted by Crippen LogP contribution is 2.21. The van der Waals surface area contributed by atoms with Crippen molar-refractivity contribution < 1.29 is 14.3 Å². The first kappa shape index (κ1) is 18.7. The molecule has 0 atom stereocenters. The lowest BCUT2D eigenvalue weighted by molar-refractivity contribution is 0.0599. The number of carbonyl (C=O) groups is 2. The van der Waals surface area contributed by atoms with Crippen molar-refractivity contribution in [1.29, 1.82) is 0 Å². The summed E-state index contributed by atoms with van der Waals surface area (Å²) in [5.41, 5.74) is 2.91. The Morgan fingerprint density at radius 1 is 1.19 bits per heavy atom. The average molecular weight is 384 g/mol. The van der Waals surface area contributed by atoms with Crippen LogP contribution in [0.5, 0.6) is 0 Å². The van der Waals surface area contributed by atoms with E-state index in [9.17, 15) is 9.59 Å². The van der Waals surface area contributed by atoms with Gasteiger partial charge < -0.3 is 10.1 Å². The summed E-state index contributed by atoms with van der Waals surface area (Å²) in [7, 11) is 1.32. The number of nitrogens with one attached hydrogen (secondary N) is 1. The van der Waals surface area contributed by atoms with E-state index in [-0.39, 0.29) is 5.91 Å². The van der Waals surface area contributed by atoms with E-state index in [0.29, 0.717) is 33.9 Å². The summed E-state index contributed by atoms with van der Waals surface area (Å²) in [6, 6.07) is 12.5. The normalized spacial score (nSPS) is 10.5. The molecule has 0 radical (unpaired) electrons. The van der Waals surface area contributed by atoms with Gasteiger partial charge in [0.05, 0.1) is 31.0 Å². The maximum Gasteiger partial charge on any atom is 0.338 e. The number of hydrogen-bond donors (Lipinski definition) is 1. The van der Waals surface area contributed by atoms with Crippen LogP contribution >= 0.6 is 11.6 Å². The molecule has 0 aliphatic carbocycles. The zero-order valence-corrected chi connectivity index (χ0v) is 15.7. The van der Waals surface area contributed by atoms with Gasteiger partial charge in [-0.25, -0.2) is 4.79 Å². The quantitative estimate of drug-likeness (QED) is 0.677. The van der Waals surface area contributed by atoms with E-state index in [1.165, 1.54) is 13.3 Å². The molecule has 6 nitrogen and oxygen atoms in total. The van der Waals surface area contributed by atoms with Gasteiger partial charge in [-0.15, -0.1) is 0 Å². The van der Waals surface area contributed by atoms with Crippen LogP contribution in [0.15, 0.2) is 54.9 Å². The Hall–Kier alpha value is -3.12. The van der Waals surface area contributed by atoms with Crippen molar-refractivity contribution in [3.05, 3.63) is 82.1 Å². The Labute approximate surface area is 161 Å². The number of amides is 1. The summed E-state index contributed by atoms with van der Waals surface area (Å²) >= 11 is 6.16. The fraction of sp³-hybridized carbons (Fsp3) is 0.150. The molecule has 3 aromatic rings. The first-order valence-corrected chi connectivity index (χ1v) is 8.62. The molecule has 138 valence electrons. The van der Waals surface area contributed by atoms with E-state index >= 15 is 0 Å². The molecule has 0 fully saturated rings. The predicted molar refractivity (Wildman–Crippen MR) is 103 cm³/mol. The monoisotopic (exact) mass is 383 g/mol. The standard InChI is InChI=1S/C20H18ClN3O3/c1-13-16(20(26)27-2)7-5-9-18(13)23-19(25)15-10-22-24(12-15)11-14-6-3-4-8-17(14)21/h3-10,12H,11H2,1-2H3,(H,23,25). The van der Waals surface area contributed by atoms with Gasteiger partial charge in [-0.2, -0.15) is 5.10 Å². The van der Waals surface area contributed by atoms with E-state index in [1.54, 1.807) is 36.0 Å². The number of anilines is 1. The minimum atomic E-state index is -0.448. The van der Waals surface area contributed by atoms with Gasteiger partial charge in [0.25, 0.3) is 5.91 Å². The molecule has 2 aromatic carbocycles. The van der Waals surface area contributed by atoms with Gasteiger partial charge in [0, 0.05) is 16.9 Å². The molecule has 1 N–H and O–H groups in total. The summed E-state index contributed by atoms with van der Waals surface area (Å²) in [5.74, 6) is -0.762. The summed E-state index contributed by atoms with van der Waals surface area (Å²) in [5, 5.41) is 7.68. The Kier molecular flexibility index (Phi) is 5.57. The number of halogens is 1. The molecule has 0 saturated carbocycles. The van der Waals surface area contributed by atoms with E-state index in [1.807, 2.05) is 24.3 Å². The van der Waals surface area contributed by atoms with E-state index in [0.717, 1.165) is 5.56 Å². The highest BCUT2D eigenvalue weighted by Gasteiger charge is 2.15. The average Bonchev–Trinajstić information content (AvgIpc) is 3.13. The minimum Gasteiger partial charge on any atom is -0.465 e. The zero-order chi connectivity index (χ0) is 19.4. The fourth-order valence-electron chi connectivity index (χ4n) is 2.67. The van der Waals surface area contributed by atoms with Crippen LogP contribution < -0.4 is 5.32 Å². The van der Waals surface area contributed by atoms with Crippen LogP contribution in [0, 0.1) is 6.92 Å². The van der Waals surface area contributed by atoms with Gasteiger partial charge >= 0.3 is 5.97 Å². The Bertz CT molecular complexity index is 998. The van der Waals surface area contributed by atoms with Crippen LogP contribution in [0.1, 0.15) is 31.8 Å². The smallest absolute Gasteiger partial charge is 0.338 e. The number of aromatic nitrogens is 2. The molecule has 0 spiro atoms. The molecule has 1 aromatic heterocycles. The minimum absolute atomic E-state index is 0.314. The Morgan fingerprint density at radius 3 is 2.70 bits per heavy atom. The fourth-order valence-corrected chi connectivity index (χ4v) is 2.86. The van der Waals surface area contributed by atoms with E-state index < -0.39 is 5.97 Å². The number of hydrogen-bond acceptors (Lipinski definition) is 4. The highest BCUT2D eigenvalue weighted by molar-refractivity contribution is 6.31. The number of carbonyl (C=O) groups excluding carboxylic acids is 2. The molecule has 3 rings (SSSR count). The van der Waals surface area contributed by atoms with Gasteiger partial charge in [0.2, 0.25) is 0 Å². The topological polar surface area (TPSA) is 73.2 Å². The largest absolute Gasteiger partial charge is 0.465 e. The van der Waals surface area contributed by atoms with Crippen LogP contribution in [-0.2, 0) is 11.3 Å². The number of methoxy groups -OCH3 is 1. The SMILES string of the molecule is COC(=O)c1cccc(NC(=O)c2cnn(Cc3ccccc3Cl)c2)c1C. The summed E-state index contributed by atoms with van der Waals surface area (Å²) in [6.07, 6.45) is 3.14. The second-order valence-electron chi connectivity index (χ2n) is 5.94. The third kappa shape index (κ3) is 4.17. The van der Waals surface area contributed by atoms with Gasteiger partial charge in [0.15, 0.2) is 0 Å². The van der Waals surface area contributed by atoms with Crippen LogP contribution in [0.2, 0.25) is 5.02 Å². The van der Waals surface area contributed by atoms with Crippen molar-refractivity contribution in [2.75, 3.05) is 12.4 Å². The van der Waals surface area contributed by atoms with Crippen molar-refractivity contribution in [2.45, 2.75) is 13.5 Å². The first-order chi connectivity index (χ1) is 13.0. The molecule has 27 heavy (non-hydrogen) atoms. The zero-order valence-electron chi connectivity index (χ0n) is 14.9. The van der Waals surface area contributed by atoms with Crippen molar-refractivity contribution in [3.63, 3.8) is 0 Å². The molecule has 0 aliphatic rings. The van der Waals surface area contributed by atoms with Gasteiger partial charge in [-0.3, -0.25) is 9.48 Å². The van der Waals surface area contributed by atoms with Crippen molar-refractivity contribution in [2.24, 2.45) is 0 Å². The van der Waals surface area contributed by atoms with Gasteiger partial charge in [-0.05, 0) is 36.2 Å². The molecular formula is C20H18ClN3O3. The number of benzene rings is 2. The van der Waals surface area contributed by atoms with Crippen LogP contribution in [0.3, 0.4) is 0 Å². The molecule has 7 heteroatoms. The maximum absolute atomic E-state index is 12.5. The van der Waals surface area contributed by atoms with Crippen molar-refractivity contribution in [3.8, 4) is 0 Å². The Balaban J connectivity index is 1.75. The lowest BCUT2D eigenvalue weighted by Crippen LogP contribution is -2.14. The van der Waals surface area contributed by atoms with Gasteiger partial charge in [0.1, 0.15) is 0 Å². The number of esters is 1. The third-order valence-corrected chi connectivity index (χ3v) is 4.54.